The highest BCUT2D eigenvalue weighted by Crippen LogP contribution is 2.34. The van der Waals surface area contributed by atoms with Crippen molar-refractivity contribution < 1.29 is 26.4 Å². The summed E-state index contributed by atoms with van der Waals surface area (Å²) in [4.78, 5) is 12.4. The summed E-state index contributed by atoms with van der Waals surface area (Å²) in [6.45, 7) is 1.53. The van der Waals surface area contributed by atoms with Crippen molar-refractivity contribution in [2.24, 2.45) is 0 Å². The summed E-state index contributed by atoms with van der Waals surface area (Å²) in [5, 5.41) is 0. The van der Waals surface area contributed by atoms with Crippen LogP contribution in [0.5, 0.6) is 11.5 Å². The van der Waals surface area contributed by atoms with Crippen LogP contribution in [0.25, 0.3) is 11.3 Å². The maximum atomic E-state index is 13.9. The second-order valence-electron chi connectivity index (χ2n) is 5.83. The van der Waals surface area contributed by atoms with Gasteiger partial charge in [0.1, 0.15) is 5.76 Å². The number of aryl methyl sites for hydroxylation is 1. The third-order valence-corrected chi connectivity index (χ3v) is 4.82. The van der Waals surface area contributed by atoms with Gasteiger partial charge in [0.15, 0.2) is 33.0 Å². The second-order valence-corrected chi connectivity index (χ2v) is 7.84. The molecule has 2 aromatic carbocycles. The molecular weight excluding hydrogens is 378 g/mol. The van der Waals surface area contributed by atoms with E-state index in [1.165, 1.54) is 37.3 Å². The third-order valence-electron chi connectivity index (χ3n) is 3.70. The molecule has 0 aliphatic carbocycles. The molecule has 0 unspecified atom stereocenters. The maximum absolute atomic E-state index is 13.9. The molecule has 27 heavy (non-hydrogen) atoms. The fraction of sp³-hybridized carbons (Fsp3) is 0.105. The Bertz CT molecular complexity index is 1150. The zero-order valence-corrected chi connectivity index (χ0v) is 15.1. The molecule has 0 aliphatic heterocycles. The first-order valence-electron chi connectivity index (χ1n) is 7.74. The maximum Gasteiger partial charge on any atom is 0.228 e. The van der Waals surface area contributed by atoms with Crippen molar-refractivity contribution in [1.29, 1.82) is 0 Å². The van der Waals surface area contributed by atoms with Crippen molar-refractivity contribution >= 4 is 9.84 Å². The summed E-state index contributed by atoms with van der Waals surface area (Å²) < 4.78 is 61.8. The number of benzene rings is 2. The van der Waals surface area contributed by atoms with E-state index in [1.54, 1.807) is 0 Å². The highest BCUT2D eigenvalue weighted by atomic mass is 32.2. The Labute approximate surface area is 153 Å². The van der Waals surface area contributed by atoms with Gasteiger partial charge in [-0.05, 0) is 43.3 Å². The molecule has 0 spiro atoms. The van der Waals surface area contributed by atoms with Crippen LogP contribution < -0.4 is 10.2 Å². The Hall–Kier alpha value is -3.00. The van der Waals surface area contributed by atoms with Gasteiger partial charge in [-0.15, -0.1) is 0 Å². The molecule has 1 aromatic heterocycles. The molecule has 0 atom stereocenters. The summed E-state index contributed by atoms with van der Waals surface area (Å²) >= 11 is 0. The van der Waals surface area contributed by atoms with Gasteiger partial charge in [-0.25, -0.2) is 17.2 Å². The molecule has 0 N–H and O–H groups in total. The quantitative estimate of drug-likeness (QED) is 0.669. The van der Waals surface area contributed by atoms with Crippen LogP contribution in [-0.2, 0) is 9.84 Å². The molecule has 0 saturated heterocycles. The summed E-state index contributed by atoms with van der Waals surface area (Å²) in [6, 6.07) is 9.78. The van der Waals surface area contributed by atoms with E-state index in [2.05, 4.69) is 0 Å². The monoisotopic (exact) mass is 392 g/mol. The number of hydrogen-bond acceptors (Lipinski definition) is 5. The Morgan fingerprint density at radius 1 is 0.963 bits per heavy atom. The lowest BCUT2D eigenvalue weighted by Gasteiger charge is -2.12. The van der Waals surface area contributed by atoms with E-state index >= 15 is 0 Å². The van der Waals surface area contributed by atoms with Crippen molar-refractivity contribution in [3.05, 3.63) is 76.1 Å². The Kier molecular flexibility index (Phi) is 4.84. The average molecular weight is 392 g/mol. The fourth-order valence-electron chi connectivity index (χ4n) is 2.42. The van der Waals surface area contributed by atoms with E-state index in [9.17, 15) is 22.0 Å². The van der Waals surface area contributed by atoms with Crippen LogP contribution in [0, 0.1) is 18.6 Å². The molecule has 1 heterocycles. The minimum atomic E-state index is -3.41. The fourth-order valence-corrected chi connectivity index (χ4v) is 3.05. The topological polar surface area (TPSA) is 73.6 Å². The van der Waals surface area contributed by atoms with Crippen molar-refractivity contribution in [3.63, 3.8) is 0 Å². The van der Waals surface area contributed by atoms with Crippen molar-refractivity contribution in [2.45, 2.75) is 11.8 Å². The van der Waals surface area contributed by atoms with Gasteiger partial charge in [-0.2, -0.15) is 0 Å². The number of ether oxygens (including phenoxy) is 1. The summed E-state index contributed by atoms with van der Waals surface area (Å²) in [6.07, 6.45) is 1.06. The van der Waals surface area contributed by atoms with Crippen LogP contribution >= 0.6 is 0 Å². The van der Waals surface area contributed by atoms with Gasteiger partial charge in [0.25, 0.3) is 0 Å². The van der Waals surface area contributed by atoms with E-state index in [1.807, 2.05) is 0 Å². The first-order chi connectivity index (χ1) is 12.7. The summed E-state index contributed by atoms with van der Waals surface area (Å²) in [5.74, 6) is -2.91. The lowest BCUT2D eigenvalue weighted by molar-refractivity contribution is 0.389. The molecular formula is C19H14F2O5S. The van der Waals surface area contributed by atoms with Crippen LogP contribution in [0.15, 0.2) is 62.6 Å². The predicted molar refractivity (Wildman–Crippen MR) is 94.7 cm³/mol. The first kappa shape index (κ1) is 18.8. The molecule has 3 rings (SSSR count). The Balaban J connectivity index is 2.15. The number of halogens is 2. The standard InChI is InChI=1S/C19H14F2O5S/c1-11-10-16(22)19(26-18-14(20)4-3-5-15(18)21)17(25-11)12-6-8-13(9-7-12)27(2,23)24/h3-10H,1-2H3. The molecule has 5 nitrogen and oxygen atoms in total. The number of hydrogen-bond donors (Lipinski definition) is 0. The minimum absolute atomic E-state index is 0.0669. The van der Waals surface area contributed by atoms with Gasteiger partial charge in [0, 0.05) is 17.9 Å². The molecule has 0 saturated carbocycles. The van der Waals surface area contributed by atoms with Crippen molar-refractivity contribution in [3.8, 4) is 22.8 Å². The van der Waals surface area contributed by atoms with E-state index < -0.39 is 38.4 Å². The molecule has 8 heteroatoms. The zero-order chi connectivity index (χ0) is 19.8. The van der Waals surface area contributed by atoms with Gasteiger partial charge in [-0.1, -0.05) is 6.07 Å². The first-order valence-corrected chi connectivity index (χ1v) is 9.63. The average Bonchev–Trinajstić information content (AvgIpc) is 2.59. The number of rotatable bonds is 4. The van der Waals surface area contributed by atoms with Crippen molar-refractivity contribution in [2.75, 3.05) is 6.26 Å². The Morgan fingerprint density at radius 2 is 1.56 bits per heavy atom. The lowest BCUT2D eigenvalue weighted by atomic mass is 10.1. The SMILES string of the molecule is Cc1cc(=O)c(Oc2c(F)cccc2F)c(-c2ccc(S(C)(=O)=O)cc2)o1. The third kappa shape index (κ3) is 3.90. The van der Waals surface area contributed by atoms with Gasteiger partial charge >= 0.3 is 0 Å². The molecule has 0 fully saturated rings. The van der Waals surface area contributed by atoms with Crippen LogP contribution in [0.3, 0.4) is 0 Å². The molecule has 140 valence electrons. The van der Waals surface area contributed by atoms with Crippen LogP contribution in [0.2, 0.25) is 0 Å². The zero-order valence-electron chi connectivity index (χ0n) is 14.3. The van der Waals surface area contributed by atoms with Crippen LogP contribution in [0.1, 0.15) is 5.76 Å². The van der Waals surface area contributed by atoms with Gasteiger partial charge in [-0.3, -0.25) is 4.79 Å². The van der Waals surface area contributed by atoms with E-state index in [0.29, 0.717) is 5.56 Å². The molecule has 3 aromatic rings. The van der Waals surface area contributed by atoms with Gasteiger partial charge in [0.05, 0.1) is 4.90 Å². The largest absolute Gasteiger partial charge is 0.457 e. The van der Waals surface area contributed by atoms with Gasteiger partial charge in [0.2, 0.25) is 11.2 Å². The van der Waals surface area contributed by atoms with Gasteiger partial charge < -0.3 is 9.15 Å². The second kappa shape index (κ2) is 6.96. The number of para-hydroxylation sites is 1. The molecule has 0 amide bonds. The summed E-state index contributed by atoms with van der Waals surface area (Å²) in [7, 11) is -3.41. The predicted octanol–water partition coefficient (Wildman–Crippen LogP) is 4.09. The lowest BCUT2D eigenvalue weighted by Crippen LogP contribution is -2.08. The van der Waals surface area contributed by atoms with Crippen molar-refractivity contribution in [1.82, 2.24) is 0 Å². The number of sulfone groups is 1. The van der Waals surface area contributed by atoms with Crippen LogP contribution in [0.4, 0.5) is 8.78 Å². The molecule has 0 aliphatic rings. The highest BCUT2D eigenvalue weighted by molar-refractivity contribution is 7.90. The molecule has 0 radical (unpaired) electrons. The normalized spacial score (nSPS) is 11.4. The van der Waals surface area contributed by atoms with E-state index in [0.717, 1.165) is 24.5 Å². The van der Waals surface area contributed by atoms with E-state index in [-0.39, 0.29) is 16.4 Å². The van der Waals surface area contributed by atoms with E-state index in [4.69, 9.17) is 9.15 Å². The Morgan fingerprint density at radius 3 is 2.11 bits per heavy atom. The highest BCUT2D eigenvalue weighted by Gasteiger charge is 2.20. The molecule has 0 bridgehead atoms. The summed E-state index contributed by atoms with van der Waals surface area (Å²) in [5.41, 5.74) is -0.321. The minimum Gasteiger partial charge on any atom is -0.457 e. The van der Waals surface area contributed by atoms with Crippen LogP contribution in [-0.4, -0.2) is 14.7 Å². The smallest absolute Gasteiger partial charge is 0.228 e.